The van der Waals surface area contributed by atoms with E-state index in [1.807, 2.05) is 58.2 Å². The smallest absolute Gasteiger partial charge is 0.296 e. The van der Waals surface area contributed by atoms with E-state index in [4.69, 9.17) is 16.3 Å². The molecule has 2 heterocycles. The highest BCUT2D eigenvalue weighted by Gasteiger charge is 2.25. The van der Waals surface area contributed by atoms with Crippen LogP contribution >= 0.6 is 11.6 Å². The van der Waals surface area contributed by atoms with E-state index < -0.39 is 11.7 Å². The minimum Gasteiger partial charge on any atom is -0.481 e. The zero-order valence-electron chi connectivity index (χ0n) is 20.0. The lowest BCUT2D eigenvalue weighted by Gasteiger charge is -2.09. The Hall–Kier alpha value is -3.42. The molecule has 0 aliphatic heterocycles. The topological polar surface area (TPSA) is 85.2 Å². The number of amides is 1. The maximum absolute atomic E-state index is 13.4. The molecule has 1 amide bonds. The van der Waals surface area contributed by atoms with Gasteiger partial charge in [0, 0.05) is 52.7 Å². The predicted octanol–water partition coefficient (Wildman–Crippen LogP) is 4.98. The van der Waals surface area contributed by atoms with Gasteiger partial charge in [0.25, 0.3) is 11.7 Å². The van der Waals surface area contributed by atoms with Crippen LogP contribution in [0.1, 0.15) is 35.5 Å². The van der Waals surface area contributed by atoms with Crippen molar-refractivity contribution in [3.63, 3.8) is 0 Å². The molecule has 2 N–H and O–H groups in total. The van der Waals surface area contributed by atoms with E-state index in [-0.39, 0.29) is 0 Å². The first-order valence-electron chi connectivity index (χ1n) is 10.9. The molecule has 0 aliphatic carbocycles. The Morgan fingerprint density at radius 3 is 2.62 bits per heavy atom. The predicted molar refractivity (Wildman–Crippen MR) is 137 cm³/mol. The standard InChI is InChI=1S/C26H29ClN4O3/c1-16(6-7-17(2)27)15-31-18(3)24(21-12-19(14-28-4)8-9-22(21)31)25(32)26(33)30-20-10-11-29-23(13-20)34-5/h6-13,28H,14-15H2,1-5H3,(H,29,30,33). The summed E-state index contributed by atoms with van der Waals surface area (Å²) in [6.45, 7) is 6.89. The number of nitrogens with one attached hydrogen (secondary N) is 2. The van der Waals surface area contributed by atoms with Gasteiger partial charge in [-0.2, -0.15) is 0 Å². The van der Waals surface area contributed by atoms with E-state index in [1.165, 1.54) is 13.3 Å². The van der Waals surface area contributed by atoms with Crippen LogP contribution in [0.4, 0.5) is 5.69 Å². The highest BCUT2D eigenvalue weighted by molar-refractivity contribution is 6.48. The number of halogens is 1. The number of aromatic nitrogens is 2. The molecule has 0 aliphatic rings. The second-order valence-electron chi connectivity index (χ2n) is 8.06. The number of carbonyl (C=O) groups is 2. The molecule has 178 valence electrons. The first-order chi connectivity index (χ1) is 16.2. The minimum absolute atomic E-state index is 0.346. The fourth-order valence-electron chi connectivity index (χ4n) is 3.79. The van der Waals surface area contributed by atoms with Crippen LogP contribution in [-0.2, 0) is 17.9 Å². The maximum Gasteiger partial charge on any atom is 0.296 e. The summed E-state index contributed by atoms with van der Waals surface area (Å²) in [6.07, 6.45) is 5.30. The number of anilines is 1. The van der Waals surface area contributed by atoms with E-state index in [0.717, 1.165) is 27.7 Å². The summed E-state index contributed by atoms with van der Waals surface area (Å²) in [7, 11) is 3.35. The Kier molecular flexibility index (Phi) is 8.26. The monoisotopic (exact) mass is 480 g/mol. The number of rotatable bonds is 9. The van der Waals surface area contributed by atoms with Crippen molar-refractivity contribution in [3.8, 4) is 5.88 Å². The number of carbonyl (C=O) groups excluding carboxylic acids is 2. The Morgan fingerprint density at radius 1 is 1.18 bits per heavy atom. The van der Waals surface area contributed by atoms with Gasteiger partial charge in [0.15, 0.2) is 0 Å². The molecule has 0 fully saturated rings. The molecule has 3 aromatic rings. The van der Waals surface area contributed by atoms with Crippen LogP contribution in [0.15, 0.2) is 59.3 Å². The second-order valence-corrected chi connectivity index (χ2v) is 8.66. The second kappa shape index (κ2) is 11.1. The molecule has 8 heteroatoms. The number of hydrogen-bond acceptors (Lipinski definition) is 5. The van der Waals surface area contributed by atoms with Crippen molar-refractivity contribution in [1.82, 2.24) is 14.9 Å². The zero-order valence-corrected chi connectivity index (χ0v) is 20.8. The number of ketones is 1. The van der Waals surface area contributed by atoms with Gasteiger partial charge < -0.3 is 19.9 Å². The Bertz CT molecular complexity index is 1290. The van der Waals surface area contributed by atoms with Crippen molar-refractivity contribution in [1.29, 1.82) is 0 Å². The van der Waals surface area contributed by atoms with Crippen LogP contribution in [0.2, 0.25) is 0 Å². The molecule has 0 saturated heterocycles. The normalized spacial score (nSPS) is 12.2. The third-order valence-corrected chi connectivity index (χ3v) is 5.53. The van der Waals surface area contributed by atoms with Gasteiger partial charge in [0.2, 0.25) is 5.88 Å². The van der Waals surface area contributed by atoms with Crippen molar-refractivity contribution in [3.05, 3.63) is 76.1 Å². The van der Waals surface area contributed by atoms with Crippen LogP contribution in [0.3, 0.4) is 0 Å². The molecule has 0 atom stereocenters. The molecule has 0 spiro atoms. The molecular formula is C26H29ClN4O3. The SMILES string of the molecule is CNCc1ccc2c(c1)c(C(=O)C(=O)Nc1ccnc(OC)c1)c(C)n2CC(C)=CC=C(C)Cl. The third kappa shape index (κ3) is 5.73. The van der Waals surface area contributed by atoms with Crippen LogP contribution in [-0.4, -0.2) is 35.4 Å². The molecule has 0 unspecified atom stereocenters. The number of Topliss-reactive ketones (excluding diaryl/α,β-unsaturated/α-hetero) is 1. The highest BCUT2D eigenvalue weighted by Crippen LogP contribution is 2.29. The van der Waals surface area contributed by atoms with Crippen LogP contribution in [0.5, 0.6) is 5.88 Å². The Labute approximate surface area is 204 Å². The minimum atomic E-state index is -0.720. The summed E-state index contributed by atoms with van der Waals surface area (Å²) in [5.74, 6) is -0.975. The number of ether oxygens (including phenoxy) is 1. The van der Waals surface area contributed by atoms with Gasteiger partial charge in [0.1, 0.15) is 0 Å². The number of allylic oxidation sites excluding steroid dienone is 4. The number of methoxy groups -OCH3 is 1. The fourth-order valence-corrected chi connectivity index (χ4v) is 3.86. The van der Waals surface area contributed by atoms with Crippen molar-refractivity contribution in [2.45, 2.75) is 33.9 Å². The van der Waals surface area contributed by atoms with Crippen LogP contribution < -0.4 is 15.4 Å². The molecule has 0 bridgehead atoms. The summed E-state index contributed by atoms with van der Waals surface area (Å²) in [4.78, 5) is 30.4. The van der Waals surface area contributed by atoms with E-state index in [1.54, 1.807) is 12.1 Å². The summed E-state index contributed by atoms with van der Waals surface area (Å²) in [6, 6.07) is 9.15. The molecular weight excluding hydrogens is 452 g/mol. The molecule has 3 rings (SSSR count). The van der Waals surface area contributed by atoms with Gasteiger partial charge in [-0.25, -0.2) is 4.98 Å². The van der Waals surface area contributed by atoms with E-state index in [0.29, 0.717) is 35.3 Å². The van der Waals surface area contributed by atoms with Crippen molar-refractivity contribution < 1.29 is 14.3 Å². The van der Waals surface area contributed by atoms with Crippen molar-refractivity contribution >= 4 is 39.9 Å². The van der Waals surface area contributed by atoms with Gasteiger partial charge in [-0.3, -0.25) is 9.59 Å². The molecule has 0 radical (unpaired) electrons. The van der Waals surface area contributed by atoms with Gasteiger partial charge >= 0.3 is 0 Å². The van der Waals surface area contributed by atoms with Crippen LogP contribution in [0, 0.1) is 6.92 Å². The molecule has 2 aromatic heterocycles. The quantitative estimate of drug-likeness (QED) is 0.256. The average molecular weight is 481 g/mol. The molecule has 7 nitrogen and oxygen atoms in total. The average Bonchev–Trinajstić information content (AvgIpc) is 3.08. The number of fused-ring (bicyclic) bond motifs is 1. The highest BCUT2D eigenvalue weighted by atomic mass is 35.5. The van der Waals surface area contributed by atoms with Crippen LogP contribution in [0.25, 0.3) is 10.9 Å². The third-order valence-electron chi connectivity index (χ3n) is 5.41. The lowest BCUT2D eigenvalue weighted by molar-refractivity contribution is -0.112. The molecule has 1 aromatic carbocycles. The lowest BCUT2D eigenvalue weighted by atomic mass is 10.0. The number of hydrogen-bond donors (Lipinski definition) is 2. The van der Waals surface area contributed by atoms with E-state index in [9.17, 15) is 9.59 Å². The van der Waals surface area contributed by atoms with Gasteiger partial charge in [-0.05, 0) is 57.7 Å². The summed E-state index contributed by atoms with van der Waals surface area (Å²) in [5.41, 5.74) is 4.52. The number of pyridine rings is 1. The van der Waals surface area contributed by atoms with E-state index in [2.05, 4.69) is 20.2 Å². The number of benzene rings is 1. The van der Waals surface area contributed by atoms with E-state index >= 15 is 0 Å². The summed E-state index contributed by atoms with van der Waals surface area (Å²) >= 11 is 5.97. The molecule has 0 saturated carbocycles. The number of nitrogens with zero attached hydrogens (tertiary/aromatic N) is 2. The molecule has 34 heavy (non-hydrogen) atoms. The van der Waals surface area contributed by atoms with Crippen molar-refractivity contribution in [2.75, 3.05) is 19.5 Å². The van der Waals surface area contributed by atoms with Gasteiger partial charge in [0.05, 0.1) is 12.7 Å². The lowest BCUT2D eigenvalue weighted by Crippen LogP contribution is -2.23. The summed E-state index contributed by atoms with van der Waals surface area (Å²) in [5, 5.41) is 7.22. The Balaban J connectivity index is 2.05. The van der Waals surface area contributed by atoms with Gasteiger partial charge in [-0.1, -0.05) is 29.3 Å². The largest absolute Gasteiger partial charge is 0.481 e. The maximum atomic E-state index is 13.4. The van der Waals surface area contributed by atoms with Gasteiger partial charge in [-0.15, -0.1) is 0 Å². The Morgan fingerprint density at radius 2 is 1.94 bits per heavy atom. The first-order valence-corrected chi connectivity index (χ1v) is 11.2. The first kappa shape index (κ1) is 25.2. The summed E-state index contributed by atoms with van der Waals surface area (Å²) < 4.78 is 7.15. The fraction of sp³-hybridized carbons (Fsp3) is 0.269. The van der Waals surface area contributed by atoms with Crippen molar-refractivity contribution in [2.24, 2.45) is 0 Å². The zero-order chi connectivity index (χ0) is 24.8.